The molecule has 0 bridgehead atoms. The van der Waals surface area contributed by atoms with Gasteiger partial charge in [-0.3, -0.25) is 9.59 Å². The second-order valence-corrected chi connectivity index (χ2v) is 11.8. The number of amides is 1. The first-order valence-electron chi connectivity index (χ1n) is 11.7. The van der Waals surface area contributed by atoms with E-state index >= 15 is 0 Å². The summed E-state index contributed by atoms with van der Waals surface area (Å²) >= 11 is 0.995. The molecule has 2 rings (SSSR count). The second kappa shape index (κ2) is 11.4. The van der Waals surface area contributed by atoms with Crippen LogP contribution in [0.15, 0.2) is 34.9 Å². The molecule has 190 valence electrons. The normalized spacial score (nSPS) is 12.8. The van der Waals surface area contributed by atoms with Crippen LogP contribution in [0.4, 0.5) is 5.82 Å². The van der Waals surface area contributed by atoms with Crippen LogP contribution in [-0.4, -0.2) is 32.7 Å². The Labute approximate surface area is 213 Å². The molecule has 0 saturated heterocycles. The van der Waals surface area contributed by atoms with Crippen molar-refractivity contribution in [3.05, 3.63) is 63.0 Å². The van der Waals surface area contributed by atoms with Gasteiger partial charge in [-0.25, -0.2) is 9.97 Å². The first-order valence-corrected chi connectivity index (χ1v) is 12.5. The minimum Gasteiger partial charge on any atom is -0.396 e. The largest absolute Gasteiger partial charge is 0.396 e. The number of nitrogen functional groups attached to an aromatic ring is 1. The molecule has 0 aliphatic heterocycles. The third-order valence-corrected chi connectivity index (χ3v) is 6.85. The van der Waals surface area contributed by atoms with Crippen LogP contribution in [0.5, 0.6) is 0 Å². The molecule has 7 nitrogen and oxygen atoms in total. The lowest BCUT2D eigenvalue weighted by Crippen LogP contribution is -2.25. The molecule has 35 heavy (non-hydrogen) atoms. The highest BCUT2D eigenvalue weighted by atomic mass is 32.2. The molecule has 0 unspecified atom stereocenters. The van der Waals surface area contributed by atoms with Gasteiger partial charge in [0, 0.05) is 47.4 Å². The number of benzene rings is 1. The van der Waals surface area contributed by atoms with Crippen molar-refractivity contribution in [1.29, 1.82) is 0 Å². The number of nitrogens with zero attached hydrogens (tertiary/aromatic N) is 2. The van der Waals surface area contributed by atoms with Crippen LogP contribution < -0.4 is 11.1 Å². The van der Waals surface area contributed by atoms with E-state index in [9.17, 15) is 14.7 Å². The van der Waals surface area contributed by atoms with Gasteiger partial charge >= 0.3 is 0 Å². The van der Waals surface area contributed by atoms with Crippen molar-refractivity contribution < 1.29 is 14.7 Å². The molecule has 1 amide bonds. The highest BCUT2D eigenvalue weighted by Crippen LogP contribution is 2.33. The summed E-state index contributed by atoms with van der Waals surface area (Å²) in [5, 5.41) is 12.2. The molecule has 0 aliphatic carbocycles. The zero-order valence-electron chi connectivity index (χ0n) is 22.1. The monoisotopic (exact) mass is 498 g/mol. The van der Waals surface area contributed by atoms with Crippen LogP contribution in [0.1, 0.15) is 87.8 Å². The zero-order chi connectivity index (χ0) is 26.6. The number of carbonyl (C=O) groups is 2. The molecule has 1 aromatic heterocycles. The Morgan fingerprint density at radius 2 is 1.63 bits per heavy atom. The van der Waals surface area contributed by atoms with Crippen LogP contribution in [-0.2, 0) is 22.2 Å². The molecule has 0 atom stereocenters. The van der Waals surface area contributed by atoms with Gasteiger partial charge in [0.25, 0.3) is 0 Å². The van der Waals surface area contributed by atoms with Crippen molar-refractivity contribution >= 4 is 28.6 Å². The summed E-state index contributed by atoms with van der Waals surface area (Å²) in [4.78, 5) is 34.9. The van der Waals surface area contributed by atoms with Crippen LogP contribution in [0.25, 0.3) is 0 Å². The molecule has 0 aliphatic rings. The number of carbonyl (C=O) groups excluding carboxylic acids is 2. The highest BCUT2D eigenvalue weighted by molar-refractivity contribution is 8.17. The molecule has 4 N–H and O–H groups in total. The number of rotatable bonds is 7. The standard InChI is InChI=1S/C27H38N4O3S/c1-16(24(33)30-15-19-14-29-17(2)31-23(19)28)22(9-10-32)35-25(34)18-11-20(26(3,4)5)13-21(12-18)27(6,7)8/h11-14,32H,9-10,15H2,1-8H3,(H,30,33)(H2,28,29,31)/b22-16-. The highest BCUT2D eigenvalue weighted by Gasteiger charge is 2.23. The SMILES string of the molecule is C/C(C(=O)NCc1cnc(C)nc1N)=C(\CCO)SC(=O)c1cc(C(C)(C)C)cc(C(C)(C)C)c1. The number of nitrogens with one attached hydrogen (secondary N) is 1. The summed E-state index contributed by atoms with van der Waals surface area (Å²) in [7, 11) is 0. The molecule has 0 spiro atoms. The van der Waals surface area contributed by atoms with Crippen LogP contribution in [0.2, 0.25) is 0 Å². The number of hydrogen-bond donors (Lipinski definition) is 3. The van der Waals surface area contributed by atoms with E-state index in [0.29, 0.717) is 33.2 Å². The fourth-order valence-electron chi connectivity index (χ4n) is 3.28. The Morgan fingerprint density at radius 3 is 2.11 bits per heavy atom. The summed E-state index contributed by atoms with van der Waals surface area (Å²) in [6.45, 7) is 16.1. The predicted molar refractivity (Wildman–Crippen MR) is 143 cm³/mol. The first-order chi connectivity index (χ1) is 16.1. The van der Waals surface area contributed by atoms with Gasteiger partial charge in [-0.05, 0) is 47.9 Å². The lowest BCUT2D eigenvalue weighted by Gasteiger charge is -2.26. The molecular weight excluding hydrogens is 460 g/mol. The van der Waals surface area contributed by atoms with Crippen molar-refractivity contribution in [2.45, 2.75) is 79.2 Å². The molecule has 0 radical (unpaired) electrons. The number of aliphatic hydroxyl groups is 1. The lowest BCUT2D eigenvalue weighted by atomic mass is 9.80. The molecule has 1 aromatic carbocycles. The number of thioether (sulfide) groups is 1. The number of anilines is 1. The Morgan fingerprint density at radius 1 is 1.06 bits per heavy atom. The topological polar surface area (TPSA) is 118 Å². The summed E-state index contributed by atoms with van der Waals surface area (Å²) in [5.41, 5.74) is 9.39. The van der Waals surface area contributed by atoms with Gasteiger partial charge < -0.3 is 16.2 Å². The Bertz CT molecular complexity index is 1100. The third-order valence-electron chi connectivity index (χ3n) is 5.67. The van der Waals surface area contributed by atoms with Crippen molar-refractivity contribution in [3.63, 3.8) is 0 Å². The fraction of sp³-hybridized carbons (Fsp3) is 0.481. The number of aryl methyl sites for hydroxylation is 1. The van der Waals surface area contributed by atoms with Gasteiger partial charge in [0.05, 0.1) is 0 Å². The average molecular weight is 499 g/mol. The Balaban J connectivity index is 2.31. The zero-order valence-corrected chi connectivity index (χ0v) is 22.9. The summed E-state index contributed by atoms with van der Waals surface area (Å²) in [5.74, 6) is 0.527. The Kier molecular flexibility index (Phi) is 9.25. The summed E-state index contributed by atoms with van der Waals surface area (Å²) in [6, 6.07) is 6.01. The minimum atomic E-state index is -0.340. The lowest BCUT2D eigenvalue weighted by molar-refractivity contribution is -0.117. The van der Waals surface area contributed by atoms with E-state index in [4.69, 9.17) is 5.73 Å². The Hall–Kier alpha value is -2.71. The van der Waals surface area contributed by atoms with Crippen molar-refractivity contribution in [2.75, 3.05) is 12.3 Å². The van der Waals surface area contributed by atoms with E-state index in [1.165, 1.54) is 0 Å². The van der Waals surface area contributed by atoms with E-state index in [1.807, 2.05) is 12.1 Å². The second-order valence-electron chi connectivity index (χ2n) is 10.7. The van der Waals surface area contributed by atoms with Crippen molar-refractivity contribution in [3.8, 4) is 0 Å². The van der Waals surface area contributed by atoms with Gasteiger partial charge in [0.2, 0.25) is 11.0 Å². The maximum absolute atomic E-state index is 13.4. The van der Waals surface area contributed by atoms with Crippen molar-refractivity contribution in [1.82, 2.24) is 15.3 Å². The van der Waals surface area contributed by atoms with Crippen molar-refractivity contribution in [2.24, 2.45) is 0 Å². The quantitative estimate of drug-likeness (QED) is 0.469. The van der Waals surface area contributed by atoms with Crippen LogP contribution in [0.3, 0.4) is 0 Å². The maximum Gasteiger partial charge on any atom is 0.247 e. The number of hydrogen-bond acceptors (Lipinski definition) is 7. The van der Waals surface area contributed by atoms with Gasteiger partial charge in [0.15, 0.2) is 0 Å². The van der Waals surface area contributed by atoms with Crippen LogP contribution >= 0.6 is 11.8 Å². The number of nitrogens with two attached hydrogens (primary N) is 1. The molecule has 1 heterocycles. The van der Waals surface area contributed by atoms with E-state index in [0.717, 1.165) is 22.9 Å². The fourth-order valence-corrected chi connectivity index (χ4v) is 4.18. The smallest absolute Gasteiger partial charge is 0.247 e. The van der Waals surface area contributed by atoms with E-state index in [1.54, 1.807) is 20.0 Å². The molecule has 8 heteroatoms. The van der Waals surface area contributed by atoms with Gasteiger partial charge in [-0.2, -0.15) is 0 Å². The predicted octanol–water partition coefficient (Wildman–Crippen LogP) is 4.81. The third kappa shape index (κ3) is 7.90. The number of aliphatic hydroxyl groups excluding tert-OH is 1. The maximum atomic E-state index is 13.4. The molecule has 0 fully saturated rings. The van der Waals surface area contributed by atoms with E-state index < -0.39 is 0 Å². The van der Waals surface area contributed by atoms with E-state index in [-0.39, 0.29) is 41.4 Å². The first kappa shape index (κ1) is 28.5. The molecule has 0 saturated carbocycles. The van der Waals surface area contributed by atoms with E-state index in [2.05, 4.69) is 62.9 Å². The molecular formula is C27H38N4O3S. The molecule has 2 aromatic rings. The van der Waals surface area contributed by atoms with Crippen LogP contribution in [0, 0.1) is 6.92 Å². The van der Waals surface area contributed by atoms with Gasteiger partial charge in [-0.1, -0.05) is 59.4 Å². The van der Waals surface area contributed by atoms with Gasteiger partial charge in [0.1, 0.15) is 11.6 Å². The summed E-state index contributed by atoms with van der Waals surface area (Å²) < 4.78 is 0. The number of aromatic nitrogens is 2. The van der Waals surface area contributed by atoms with Gasteiger partial charge in [-0.15, -0.1) is 0 Å². The average Bonchev–Trinajstić information content (AvgIpc) is 2.76. The summed E-state index contributed by atoms with van der Waals surface area (Å²) in [6.07, 6.45) is 1.79. The minimum absolute atomic E-state index is 0.123.